The summed E-state index contributed by atoms with van der Waals surface area (Å²) in [5.74, 6) is 2.31. The van der Waals surface area contributed by atoms with Crippen molar-refractivity contribution in [1.82, 2.24) is 15.1 Å². The second-order valence-corrected chi connectivity index (χ2v) is 7.65. The van der Waals surface area contributed by atoms with Crippen LogP contribution in [0.4, 0.5) is 0 Å². The van der Waals surface area contributed by atoms with E-state index in [2.05, 4.69) is 47.6 Å². The van der Waals surface area contributed by atoms with E-state index in [1.54, 1.807) is 25.6 Å². The summed E-state index contributed by atoms with van der Waals surface area (Å²) in [5.41, 5.74) is 5.36. The van der Waals surface area contributed by atoms with Gasteiger partial charge in [0.2, 0.25) is 11.7 Å². The molecule has 2 aromatic heterocycles. The second-order valence-electron chi connectivity index (χ2n) is 6.70. The largest absolute Gasteiger partial charge is 0.493 e. The van der Waals surface area contributed by atoms with Gasteiger partial charge in [-0.2, -0.15) is 4.98 Å². The van der Waals surface area contributed by atoms with Gasteiger partial charge in [0.1, 0.15) is 5.01 Å². The maximum atomic E-state index is 5.44. The Morgan fingerprint density at radius 2 is 1.79 bits per heavy atom. The highest BCUT2D eigenvalue weighted by molar-refractivity contribution is 7.10. The highest BCUT2D eigenvalue weighted by Crippen LogP contribution is 2.31. The number of benzene rings is 2. The van der Waals surface area contributed by atoms with Gasteiger partial charge < -0.3 is 14.0 Å². The Bertz CT molecular complexity index is 1150. The van der Waals surface area contributed by atoms with Crippen LogP contribution < -0.4 is 9.47 Å². The average molecular weight is 407 g/mol. The molecule has 0 bridgehead atoms. The van der Waals surface area contributed by atoms with E-state index < -0.39 is 0 Å². The molecule has 0 amide bonds. The van der Waals surface area contributed by atoms with Crippen molar-refractivity contribution in [2.24, 2.45) is 0 Å². The molecule has 2 heterocycles. The number of methoxy groups -OCH3 is 2. The SMILES string of the molecule is COc1ccc(-c2noc(Cc3nc(-c4cc(C)ccc4C)cs3)n2)cc1OC. The molecule has 148 valence electrons. The van der Waals surface area contributed by atoms with Gasteiger partial charge in [-0.3, -0.25) is 0 Å². The lowest BCUT2D eigenvalue weighted by molar-refractivity contribution is 0.355. The zero-order valence-corrected chi connectivity index (χ0v) is 17.5. The minimum absolute atomic E-state index is 0.496. The summed E-state index contributed by atoms with van der Waals surface area (Å²) in [6, 6.07) is 11.9. The normalized spacial score (nSPS) is 10.9. The van der Waals surface area contributed by atoms with Gasteiger partial charge in [-0.25, -0.2) is 4.98 Å². The molecule has 0 spiro atoms. The van der Waals surface area contributed by atoms with Crippen LogP contribution in [0.5, 0.6) is 11.5 Å². The summed E-state index contributed by atoms with van der Waals surface area (Å²) in [4.78, 5) is 9.28. The first-order valence-electron chi connectivity index (χ1n) is 9.14. The number of rotatable bonds is 6. The summed E-state index contributed by atoms with van der Waals surface area (Å²) >= 11 is 1.59. The van der Waals surface area contributed by atoms with Gasteiger partial charge >= 0.3 is 0 Å². The number of nitrogens with zero attached hydrogens (tertiary/aromatic N) is 3. The fraction of sp³-hybridized carbons (Fsp3) is 0.227. The molecule has 7 heteroatoms. The molecule has 4 rings (SSSR count). The number of thiazole rings is 1. The van der Waals surface area contributed by atoms with Crippen molar-refractivity contribution in [2.45, 2.75) is 20.3 Å². The Kier molecular flexibility index (Phi) is 5.31. The van der Waals surface area contributed by atoms with Crippen molar-refractivity contribution in [1.29, 1.82) is 0 Å². The Labute approximate surface area is 173 Å². The molecule has 0 unspecified atom stereocenters. The van der Waals surface area contributed by atoms with Gasteiger partial charge in [0.05, 0.1) is 26.3 Å². The topological polar surface area (TPSA) is 70.3 Å². The van der Waals surface area contributed by atoms with E-state index in [9.17, 15) is 0 Å². The molecule has 0 N–H and O–H groups in total. The highest BCUT2D eigenvalue weighted by atomic mass is 32.1. The van der Waals surface area contributed by atoms with E-state index in [0.717, 1.165) is 21.8 Å². The minimum Gasteiger partial charge on any atom is -0.493 e. The monoisotopic (exact) mass is 407 g/mol. The van der Waals surface area contributed by atoms with E-state index in [1.165, 1.54) is 11.1 Å². The first-order valence-corrected chi connectivity index (χ1v) is 10.0. The summed E-state index contributed by atoms with van der Waals surface area (Å²) in [6.07, 6.45) is 0.496. The third kappa shape index (κ3) is 4.00. The number of ether oxygens (including phenoxy) is 2. The molecule has 0 saturated carbocycles. The predicted molar refractivity (Wildman–Crippen MR) is 113 cm³/mol. The van der Waals surface area contributed by atoms with Crippen LogP contribution in [0.3, 0.4) is 0 Å². The van der Waals surface area contributed by atoms with E-state index >= 15 is 0 Å². The van der Waals surface area contributed by atoms with Gasteiger partial charge in [-0.15, -0.1) is 11.3 Å². The number of aromatic nitrogens is 3. The van der Waals surface area contributed by atoms with Crippen LogP contribution >= 0.6 is 11.3 Å². The molecule has 0 aliphatic heterocycles. The van der Waals surface area contributed by atoms with Gasteiger partial charge in [0, 0.05) is 16.5 Å². The van der Waals surface area contributed by atoms with Crippen molar-refractivity contribution in [3.05, 3.63) is 63.8 Å². The number of aryl methyl sites for hydroxylation is 2. The third-order valence-electron chi connectivity index (χ3n) is 4.63. The van der Waals surface area contributed by atoms with Crippen molar-refractivity contribution >= 4 is 11.3 Å². The molecule has 0 radical (unpaired) electrons. The molecule has 4 aromatic rings. The lowest BCUT2D eigenvalue weighted by atomic mass is 10.0. The van der Waals surface area contributed by atoms with Crippen molar-refractivity contribution < 1.29 is 14.0 Å². The van der Waals surface area contributed by atoms with Crippen LogP contribution in [0.1, 0.15) is 22.0 Å². The molecular weight excluding hydrogens is 386 g/mol. The molecule has 29 heavy (non-hydrogen) atoms. The number of hydrogen-bond donors (Lipinski definition) is 0. The van der Waals surface area contributed by atoms with Gasteiger partial charge in [0.25, 0.3) is 0 Å². The zero-order chi connectivity index (χ0) is 20.4. The van der Waals surface area contributed by atoms with Crippen LogP contribution in [0.15, 0.2) is 46.3 Å². The maximum Gasteiger partial charge on any atom is 0.233 e. The molecule has 2 aromatic carbocycles. The minimum atomic E-state index is 0.496. The van der Waals surface area contributed by atoms with E-state index in [1.807, 2.05) is 18.2 Å². The van der Waals surface area contributed by atoms with Crippen LogP contribution in [-0.4, -0.2) is 29.3 Å². The molecule has 0 fully saturated rings. The Hall–Kier alpha value is -3.19. The van der Waals surface area contributed by atoms with Crippen LogP contribution in [0.2, 0.25) is 0 Å². The molecule has 6 nitrogen and oxygen atoms in total. The van der Waals surface area contributed by atoms with Crippen LogP contribution in [0.25, 0.3) is 22.6 Å². The molecule has 0 aliphatic rings. The third-order valence-corrected chi connectivity index (χ3v) is 5.48. The van der Waals surface area contributed by atoms with E-state index in [4.69, 9.17) is 19.0 Å². The average Bonchev–Trinajstić information content (AvgIpc) is 3.39. The second kappa shape index (κ2) is 8.05. The predicted octanol–water partition coefficient (Wildman–Crippen LogP) is 5.08. The van der Waals surface area contributed by atoms with Gasteiger partial charge in [-0.1, -0.05) is 22.9 Å². The lowest BCUT2D eigenvalue weighted by Crippen LogP contribution is -1.92. The quantitative estimate of drug-likeness (QED) is 0.444. The first kappa shape index (κ1) is 19.1. The van der Waals surface area contributed by atoms with Crippen LogP contribution in [-0.2, 0) is 6.42 Å². The standard InChI is InChI=1S/C22H21N3O3S/c1-13-5-6-14(2)16(9-13)17-12-29-21(23-17)11-20-24-22(25-28-20)15-7-8-18(26-3)19(10-15)27-4/h5-10,12H,11H2,1-4H3. The van der Waals surface area contributed by atoms with Crippen LogP contribution in [0, 0.1) is 13.8 Å². The first-order chi connectivity index (χ1) is 14.1. The van der Waals surface area contributed by atoms with Crippen molar-refractivity contribution in [3.63, 3.8) is 0 Å². The summed E-state index contributed by atoms with van der Waals surface area (Å²) < 4.78 is 16.1. The summed E-state index contributed by atoms with van der Waals surface area (Å²) in [7, 11) is 3.20. The van der Waals surface area contributed by atoms with E-state index in [-0.39, 0.29) is 0 Å². The Morgan fingerprint density at radius 1 is 0.966 bits per heavy atom. The van der Waals surface area contributed by atoms with Crippen molar-refractivity contribution in [2.75, 3.05) is 14.2 Å². The van der Waals surface area contributed by atoms with Gasteiger partial charge in [0.15, 0.2) is 11.5 Å². The smallest absolute Gasteiger partial charge is 0.233 e. The van der Waals surface area contributed by atoms with Crippen molar-refractivity contribution in [3.8, 4) is 34.1 Å². The Balaban J connectivity index is 1.54. The Morgan fingerprint density at radius 3 is 2.59 bits per heavy atom. The molecule has 0 atom stereocenters. The maximum absolute atomic E-state index is 5.44. The van der Waals surface area contributed by atoms with Gasteiger partial charge in [-0.05, 0) is 43.7 Å². The summed E-state index contributed by atoms with van der Waals surface area (Å²) in [5, 5.41) is 7.10. The summed E-state index contributed by atoms with van der Waals surface area (Å²) in [6.45, 7) is 4.19. The molecule has 0 aliphatic carbocycles. The molecule has 0 saturated heterocycles. The fourth-order valence-electron chi connectivity index (χ4n) is 3.08. The molecular formula is C22H21N3O3S. The fourth-order valence-corrected chi connectivity index (χ4v) is 3.86. The zero-order valence-electron chi connectivity index (χ0n) is 16.7. The lowest BCUT2D eigenvalue weighted by Gasteiger charge is -2.07. The number of hydrogen-bond acceptors (Lipinski definition) is 7. The highest BCUT2D eigenvalue weighted by Gasteiger charge is 2.15. The van der Waals surface area contributed by atoms with E-state index in [0.29, 0.717) is 29.6 Å².